The van der Waals surface area contributed by atoms with Crippen molar-refractivity contribution in [1.29, 1.82) is 5.41 Å². The van der Waals surface area contributed by atoms with E-state index in [0.29, 0.717) is 22.6 Å². The first kappa shape index (κ1) is 26.2. The van der Waals surface area contributed by atoms with E-state index in [0.717, 1.165) is 16.4 Å². The molecule has 0 saturated carbocycles. The molecule has 0 saturated heterocycles. The van der Waals surface area contributed by atoms with E-state index in [1.807, 2.05) is 0 Å². The van der Waals surface area contributed by atoms with Crippen LogP contribution in [0.15, 0.2) is 91.5 Å². The van der Waals surface area contributed by atoms with Crippen LogP contribution in [0.1, 0.15) is 28.5 Å². The van der Waals surface area contributed by atoms with Crippen molar-refractivity contribution < 1.29 is 22.7 Å². The number of nitrogens with one attached hydrogen (secondary N) is 2. The first-order valence-corrected chi connectivity index (χ1v) is 11.8. The predicted molar refractivity (Wildman–Crippen MR) is 141 cm³/mol. The number of hydrogen-bond acceptors (Lipinski definition) is 7. The van der Waals surface area contributed by atoms with Crippen molar-refractivity contribution in [3.63, 3.8) is 0 Å². The van der Waals surface area contributed by atoms with Gasteiger partial charge in [0.05, 0.1) is 5.56 Å². The SMILES string of the molecule is CC(=N)c1ccc(Oc2ncc(-c3ccc(NC(=O)c4cn(-c5ccccn5)nc4C(F)(F)F)cc3)cn2)cc1. The molecule has 200 valence electrons. The molecule has 40 heavy (non-hydrogen) atoms. The van der Waals surface area contributed by atoms with Crippen molar-refractivity contribution in [1.82, 2.24) is 24.7 Å². The van der Waals surface area contributed by atoms with Crippen LogP contribution in [0.3, 0.4) is 0 Å². The van der Waals surface area contributed by atoms with E-state index in [4.69, 9.17) is 10.1 Å². The van der Waals surface area contributed by atoms with Crippen molar-refractivity contribution in [2.75, 3.05) is 5.32 Å². The second kappa shape index (κ2) is 10.8. The monoisotopic (exact) mass is 543 g/mol. The molecule has 12 heteroatoms. The van der Waals surface area contributed by atoms with Gasteiger partial charge in [-0.05, 0) is 66.6 Å². The maximum absolute atomic E-state index is 13.6. The number of rotatable bonds is 7. The van der Waals surface area contributed by atoms with E-state index >= 15 is 0 Å². The second-order valence-electron chi connectivity index (χ2n) is 8.56. The van der Waals surface area contributed by atoms with Crippen LogP contribution in [0, 0.1) is 5.41 Å². The summed E-state index contributed by atoms with van der Waals surface area (Å²) >= 11 is 0. The fraction of sp³-hybridized carbons (Fsp3) is 0.0714. The highest BCUT2D eigenvalue weighted by atomic mass is 19.4. The zero-order valence-corrected chi connectivity index (χ0v) is 20.8. The van der Waals surface area contributed by atoms with Crippen LogP contribution in [-0.2, 0) is 6.18 Å². The lowest BCUT2D eigenvalue weighted by Crippen LogP contribution is -2.17. The summed E-state index contributed by atoms with van der Waals surface area (Å²) in [6, 6.07) is 18.3. The third kappa shape index (κ3) is 5.85. The van der Waals surface area contributed by atoms with Gasteiger partial charge in [0.15, 0.2) is 11.5 Å². The number of amides is 1. The largest absolute Gasteiger partial charge is 0.435 e. The normalized spacial score (nSPS) is 11.2. The van der Waals surface area contributed by atoms with Gasteiger partial charge < -0.3 is 15.5 Å². The fourth-order valence-corrected chi connectivity index (χ4v) is 3.70. The Balaban J connectivity index is 1.28. The standard InChI is InChI=1S/C28H20F3N7O2/c1-17(32)18-7-11-22(12-8-18)40-27-34-14-20(15-35-27)19-5-9-21(10-6-19)36-26(39)23-16-38(24-4-2-3-13-33-24)37-25(23)28(29,30)31/h2-16,32H,1H3,(H,36,39). The van der Waals surface area contributed by atoms with Gasteiger partial charge in [0.2, 0.25) is 0 Å². The summed E-state index contributed by atoms with van der Waals surface area (Å²) in [5.41, 5.74) is 0.952. The number of carbonyl (C=O) groups excluding carboxylic acids is 1. The lowest BCUT2D eigenvalue weighted by Gasteiger charge is -2.09. The van der Waals surface area contributed by atoms with Crippen LogP contribution in [0.5, 0.6) is 11.8 Å². The first-order valence-electron chi connectivity index (χ1n) is 11.8. The Kier molecular flexibility index (Phi) is 7.06. The molecule has 0 radical (unpaired) electrons. The van der Waals surface area contributed by atoms with Gasteiger partial charge in [-0.15, -0.1) is 0 Å². The predicted octanol–water partition coefficient (Wildman–Crippen LogP) is 6.18. The minimum Gasteiger partial charge on any atom is -0.424 e. The van der Waals surface area contributed by atoms with Gasteiger partial charge in [-0.3, -0.25) is 4.79 Å². The Morgan fingerprint density at radius 2 is 1.62 bits per heavy atom. The molecule has 9 nitrogen and oxygen atoms in total. The molecule has 0 atom stereocenters. The molecule has 0 bridgehead atoms. The van der Waals surface area contributed by atoms with Crippen molar-refractivity contribution >= 4 is 17.3 Å². The van der Waals surface area contributed by atoms with Crippen molar-refractivity contribution in [2.24, 2.45) is 0 Å². The first-order chi connectivity index (χ1) is 19.2. The van der Waals surface area contributed by atoms with Crippen LogP contribution in [-0.4, -0.2) is 36.4 Å². The molecule has 3 heterocycles. The Labute approximate surface area is 225 Å². The van der Waals surface area contributed by atoms with Crippen LogP contribution >= 0.6 is 0 Å². The number of anilines is 1. The number of aromatic nitrogens is 5. The van der Waals surface area contributed by atoms with E-state index < -0.39 is 23.3 Å². The van der Waals surface area contributed by atoms with Crippen LogP contribution < -0.4 is 10.1 Å². The van der Waals surface area contributed by atoms with Crippen LogP contribution in [0.4, 0.5) is 18.9 Å². The highest BCUT2D eigenvalue weighted by molar-refractivity contribution is 6.05. The smallest absolute Gasteiger partial charge is 0.424 e. The van der Waals surface area contributed by atoms with Gasteiger partial charge in [0.25, 0.3) is 5.91 Å². The topological polar surface area (TPSA) is 119 Å². The van der Waals surface area contributed by atoms with Gasteiger partial charge in [0, 0.05) is 41.7 Å². The van der Waals surface area contributed by atoms with Gasteiger partial charge in [-0.1, -0.05) is 18.2 Å². The molecular weight excluding hydrogens is 523 g/mol. The molecule has 0 aliphatic heterocycles. The lowest BCUT2D eigenvalue weighted by molar-refractivity contribution is -0.141. The number of alkyl halides is 3. The summed E-state index contributed by atoms with van der Waals surface area (Å²) in [4.78, 5) is 25.2. The number of halogens is 3. The van der Waals surface area contributed by atoms with Gasteiger partial charge in [0.1, 0.15) is 5.75 Å². The molecule has 5 rings (SSSR count). The minimum absolute atomic E-state index is 0.138. The Morgan fingerprint density at radius 1 is 0.925 bits per heavy atom. The lowest BCUT2D eigenvalue weighted by atomic mass is 10.1. The summed E-state index contributed by atoms with van der Waals surface area (Å²) in [5, 5.41) is 13.7. The van der Waals surface area contributed by atoms with Crippen LogP contribution in [0.2, 0.25) is 0 Å². The Hall–Kier alpha value is -5.39. The molecule has 2 aromatic carbocycles. The number of pyridine rings is 1. The zero-order valence-electron chi connectivity index (χ0n) is 20.8. The molecular formula is C28H20F3N7O2. The molecule has 0 fully saturated rings. The zero-order chi connectivity index (χ0) is 28.3. The third-order valence-corrected chi connectivity index (χ3v) is 5.71. The highest BCUT2D eigenvalue weighted by Crippen LogP contribution is 2.32. The summed E-state index contributed by atoms with van der Waals surface area (Å²) in [6.45, 7) is 1.70. The number of ether oxygens (including phenoxy) is 1. The minimum atomic E-state index is -4.84. The molecule has 3 aromatic heterocycles. The highest BCUT2D eigenvalue weighted by Gasteiger charge is 2.39. The van der Waals surface area contributed by atoms with Crippen molar-refractivity contribution in [3.8, 4) is 28.7 Å². The number of benzene rings is 2. The van der Waals surface area contributed by atoms with Gasteiger partial charge >= 0.3 is 12.2 Å². The quantitative estimate of drug-likeness (QED) is 0.237. The summed E-state index contributed by atoms with van der Waals surface area (Å²) in [5.74, 6) is -0.293. The molecule has 0 aliphatic rings. The number of nitrogens with zero attached hydrogens (tertiary/aromatic N) is 5. The average Bonchev–Trinajstić information content (AvgIpc) is 3.42. The second-order valence-corrected chi connectivity index (χ2v) is 8.56. The summed E-state index contributed by atoms with van der Waals surface area (Å²) in [6.07, 6.45) is 0.700. The Morgan fingerprint density at radius 3 is 2.23 bits per heavy atom. The van der Waals surface area contributed by atoms with Crippen LogP contribution in [0.25, 0.3) is 16.9 Å². The molecule has 0 aliphatic carbocycles. The summed E-state index contributed by atoms with van der Waals surface area (Å²) < 4.78 is 47.4. The average molecular weight is 544 g/mol. The van der Waals surface area contributed by atoms with E-state index in [9.17, 15) is 18.0 Å². The summed E-state index contributed by atoms with van der Waals surface area (Å²) in [7, 11) is 0. The fourth-order valence-electron chi connectivity index (χ4n) is 3.70. The Bertz CT molecular complexity index is 1650. The maximum atomic E-state index is 13.6. The molecule has 0 spiro atoms. The molecule has 1 amide bonds. The van der Waals surface area contributed by atoms with E-state index in [2.05, 4.69) is 25.4 Å². The van der Waals surface area contributed by atoms with E-state index in [-0.39, 0.29) is 17.5 Å². The van der Waals surface area contributed by atoms with Crippen molar-refractivity contribution in [2.45, 2.75) is 13.1 Å². The van der Waals surface area contributed by atoms with Crippen molar-refractivity contribution in [3.05, 3.63) is 108 Å². The number of hydrogen-bond donors (Lipinski definition) is 2. The molecule has 5 aromatic rings. The molecule has 2 N–H and O–H groups in total. The van der Waals surface area contributed by atoms with Gasteiger partial charge in [-0.2, -0.15) is 18.3 Å². The van der Waals surface area contributed by atoms with Gasteiger partial charge in [-0.25, -0.2) is 19.6 Å². The van der Waals surface area contributed by atoms with E-state index in [1.165, 1.54) is 12.3 Å². The molecule has 0 unspecified atom stereocenters. The van der Waals surface area contributed by atoms with E-state index in [1.54, 1.807) is 80.0 Å². The maximum Gasteiger partial charge on any atom is 0.435 e. The number of carbonyl (C=O) groups is 1. The third-order valence-electron chi connectivity index (χ3n) is 5.71.